The Labute approximate surface area is 164 Å². The highest BCUT2D eigenvalue weighted by Crippen LogP contribution is 2.32. The molecular weight excluding hydrogens is 326 g/mol. The van der Waals surface area contributed by atoms with E-state index in [0.717, 1.165) is 6.42 Å². The van der Waals surface area contributed by atoms with Crippen molar-refractivity contribution in [2.24, 2.45) is 12.5 Å². The maximum absolute atomic E-state index is 2.36. The van der Waals surface area contributed by atoms with Gasteiger partial charge >= 0.3 is 0 Å². The van der Waals surface area contributed by atoms with Gasteiger partial charge in [0, 0.05) is 17.2 Å². The van der Waals surface area contributed by atoms with Gasteiger partial charge in [-0.05, 0) is 66.5 Å². The van der Waals surface area contributed by atoms with E-state index in [9.17, 15) is 0 Å². The summed E-state index contributed by atoms with van der Waals surface area (Å²) in [7, 11) is 2.17. The van der Waals surface area contributed by atoms with E-state index in [1.165, 1.54) is 44.6 Å². The van der Waals surface area contributed by atoms with Gasteiger partial charge in [-0.2, -0.15) is 0 Å². The highest BCUT2D eigenvalue weighted by atomic mass is 14.9. The summed E-state index contributed by atoms with van der Waals surface area (Å²) >= 11 is 0. The summed E-state index contributed by atoms with van der Waals surface area (Å²) in [5, 5.41) is 0. The smallest absolute Gasteiger partial charge is 0.201 e. The molecule has 0 N–H and O–H groups in total. The first-order chi connectivity index (χ1) is 12.7. The van der Waals surface area contributed by atoms with Gasteiger partial charge in [-0.25, -0.2) is 4.57 Å². The zero-order chi connectivity index (χ0) is 19.8. The van der Waals surface area contributed by atoms with Crippen LogP contribution in [0.3, 0.4) is 0 Å². The van der Waals surface area contributed by atoms with Crippen LogP contribution in [-0.2, 0) is 13.5 Å². The number of hydrogen-bond donors (Lipinski definition) is 0. The Kier molecular flexibility index (Phi) is 5.24. The maximum Gasteiger partial charge on any atom is 0.212 e. The van der Waals surface area contributed by atoms with Gasteiger partial charge in [-0.3, -0.25) is 0 Å². The number of benzene rings is 2. The Hall–Kier alpha value is -2.41. The van der Waals surface area contributed by atoms with Gasteiger partial charge in [0.2, 0.25) is 5.69 Å². The van der Waals surface area contributed by atoms with E-state index in [0.29, 0.717) is 5.41 Å². The van der Waals surface area contributed by atoms with Gasteiger partial charge in [-0.1, -0.05) is 57.2 Å². The normalized spacial score (nSPS) is 11.7. The molecule has 0 bridgehead atoms. The largest absolute Gasteiger partial charge is 0.212 e. The van der Waals surface area contributed by atoms with Crippen LogP contribution in [0.25, 0.3) is 22.4 Å². The number of nitrogens with zero attached hydrogens (tertiary/aromatic N) is 1. The second-order valence-electron chi connectivity index (χ2n) is 9.06. The van der Waals surface area contributed by atoms with E-state index in [-0.39, 0.29) is 0 Å². The van der Waals surface area contributed by atoms with Crippen molar-refractivity contribution in [2.75, 3.05) is 0 Å². The Bertz CT molecular complexity index is 960. The van der Waals surface area contributed by atoms with Crippen molar-refractivity contribution in [3.8, 4) is 22.4 Å². The van der Waals surface area contributed by atoms with Gasteiger partial charge in [0.05, 0.1) is 0 Å². The Morgan fingerprint density at radius 1 is 0.778 bits per heavy atom. The zero-order valence-electron chi connectivity index (χ0n) is 17.9. The molecule has 1 heterocycles. The third-order valence-electron chi connectivity index (χ3n) is 5.24. The first-order valence-corrected chi connectivity index (χ1v) is 9.82. The summed E-state index contributed by atoms with van der Waals surface area (Å²) in [6.07, 6.45) is 3.41. The molecule has 0 atom stereocenters. The fraction of sp³-hybridized carbons (Fsp3) is 0.346. The topological polar surface area (TPSA) is 3.88 Å². The lowest BCUT2D eigenvalue weighted by Gasteiger charge is -2.19. The van der Waals surface area contributed by atoms with E-state index in [2.05, 4.69) is 108 Å². The SMILES string of the molecule is Cc1cc(-c2cc(-c3ccccc3)c(C)cc2C)[n+](C)cc1CC(C)(C)C. The maximum atomic E-state index is 2.36. The molecule has 0 aliphatic heterocycles. The average Bonchev–Trinajstić information content (AvgIpc) is 2.58. The summed E-state index contributed by atoms with van der Waals surface area (Å²) < 4.78 is 2.29. The number of rotatable bonds is 3. The molecule has 1 nitrogen and oxygen atoms in total. The van der Waals surface area contributed by atoms with E-state index in [1.54, 1.807) is 0 Å². The Balaban J connectivity index is 2.13. The van der Waals surface area contributed by atoms with E-state index in [4.69, 9.17) is 0 Å². The van der Waals surface area contributed by atoms with E-state index >= 15 is 0 Å². The molecule has 0 aliphatic carbocycles. The molecule has 1 aromatic heterocycles. The van der Waals surface area contributed by atoms with Crippen molar-refractivity contribution in [1.82, 2.24) is 0 Å². The summed E-state index contributed by atoms with van der Waals surface area (Å²) in [5.74, 6) is 0. The van der Waals surface area contributed by atoms with Crippen LogP contribution >= 0.6 is 0 Å². The second kappa shape index (κ2) is 7.31. The molecule has 0 amide bonds. The summed E-state index contributed by atoms with van der Waals surface area (Å²) in [6, 6.07) is 17.7. The third kappa shape index (κ3) is 4.30. The number of aromatic nitrogens is 1. The predicted octanol–water partition coefficient (Wildman–Crippen LogP) is 6.36. The lowest BCUT2D eigenvalue weighted by molar-refractivity contribution is -0.660. The summed E-state index contributed by atoms with van der Waals surface area (Å²) in [4.78, 5) is 0. The van der Waals surface area contributed by atoms with Gasteiger partial charge < -0.3 is 0 Å². The number of pyridine rings is 1. The molecule has 27 heavy (non-hydrogen) atoms. The fourth-order valence-electron chi connectivity index (χ4n) is 3.89. The van der Waals surface area contributed by atoms with Crippen LogP contribution in [0.4, 0.5) is 0 Å². The lowest BCUT2D eigenvalue weighted by Crippen LogP contribution is -2.32. The monoisotopic (exact) mass is 358 g/mol. The predicted molar refractivity (Wildman–Crippen MR) is 116 cm³/mol. The lowest BCUT2D eigenvalue weighted by atomic mass is 9.86. The van der Waals surface area contributed by atoms with Crippen LogP contribution in [0.15, 0.2) is 54.7 Å². The quantitative estimate of drug-likeness (QED) is 0.480. The molecule has 0 unspecified atom stereocenters. The molecule has 0 radical (unpaired) electrons. The molecule has 0 saturated heterocycles. The molecule has 3 aromatic rings. The van der Waals surface area contributed by atoms with Crippen molar-refractivity contribution in [3.05, 3.63) is 77.0 Å². The van der Waals surface area contributed by atoms with Gasteiger partial charge in [-0.15, -0.1) is 0 Å². The number of aryl methyl sites for hydroxylation is 4. The first-order valence-electron chi connectivity index (χ1n) is 9.82. The first kappa shape index (κ1) is 19.4. The van der Waals surface area contributed by atoms with Crippen molar-refractivity contribution < 1.29 is 4.57 Å². The molecule has 0 saturated carbocycles. The van der Waals surface area contributed by atoms with Crippen LogP contribution in [0.5, 0.6) is 0 Å². The molecule has 0 spiro atoms. The molecule has 0 aliphatic rings. The van der Waals surface area contributed by atoms with Gasteiger partial charge in [0.25, 0.3) is 0 Å². The molecule has 140 valence electrons. The number of hydrogen-bond acceptors (Lipinski definition) is 0. The van der Waals surface area contributed by atoms with Crippen LogP contribution in [0.1, 0.15) is 43.0 Å². The third-order valence-corrected chi connectivity index (χ3v) is 5.24. The zero-order valence-corrected chi connectivity index (χ0v) is 17.9. The molecule has 0 fully saturated rings. The van der Waals surface area contributed by atoms with E-state index < -0.39 is 0 Å². The summed E-state index contributed by atoms with van der Waals surface area (Å²) in [6.45, 7) is 13.6. The summed E-state index contributed by atoms with van der Waals surface area (Å²) in [5.41, 5.74) is 10.9. The Morgan fingerprint density at radius 2 is 1.41 bits per heavy atom. The second-order valence-corrected chi connectivity index (χ2v) is 9.06. The molecular formula is C26H32N+. The van der Waals surface area contributed by atoms with Crippen molar-refractivity contribution >= 4 is 0 Å². The van der Waals surface area contributed by atoms with Gasteiger partial charge in [0.1, 0.15) is 7.05 Å². The minimum Gasteiger partial charge on any atom is -0.201 e. The van der Waals surface area contributed by atoms with Crippen LogP contribution in [-0.4, -0.2) is 0 Å². The standard InChI is InChI=1S/C26H32N/c1-18-14-25(27(7)17-22(18)16-26(4,5)6)24-15-23(19(2)13-20(24)3)21-11-9-8-10-12-21/h8-15,17H,16H2,1-7H3/q+1. The highest BCUT2D eigenvalue weighted by molar-refractivity contribution is 5.75. The average molecular weight is 359 g/mol. The minimum absolute atomic E-state index is 0.291. The van der Waals surface area contributed by atoms with Crippen LogP contribution < -0.4 is 4.57 Å². The Morgan fingerprint density at radius 3 is 2.04 bits per heavy atom. The van der Waals surface area contributed by atoms with Crippen LogP contribution in [0.2, 0.25) is 0 Å². The highest BCUT2D eigenvalue weighted by Gasteiger charge is 2.20. The van der Waals surface area contributed by atoms with Crippen LogP contribution in [0, 0.1) is 26.2 Å². The van der Waals surface area contributed by atoms with Crippen molar-refractivity contribution in [1.29, 1.82) is 0 Å². The van der Waals surface area contributed by atoms with E-state index in [1.807, 2.05) is 0 Å². The molecule has 3 rings (SSSR count). The van der Waals surface area contributed by atoms with Crippen molar-refractivity contribution in [3.63, 3.8) is 0 Å². The van der Waals surface area contributed by atoms with Crippen molar-refractivity contribution in [2.45, 2.75) is 48.0 Å². The molecule has 2 aromatic carbocycles. The fourth-order valence-corrected chi connectivity index (χ4v) is 3.89. The van der Waals surface area contributed by atoms with Gasteiger partial charge in [0.15, 0.2) is 6.20 Å². The minimum atomic E-state index is 0.291. The molecule has 1 heteroatoms.